The third-order valence-corrected chi connectivity index (χ3v) is 12.7. The lowest BCUT2D eigenvalue weighted by Crippen LogP contribution is -2.30. The van der Waals surface area contributed by atoms with Crippen molar-refractivity contribution < 1.29 is 28.6 Å². The van der Waals surface area contributed by atoms with Crippen LogP contribution < -0.4 is 0 Å². The summed E-state index contributed by atoms with van der Waals surface area (Å²) in [7, 11) is 0. The highest BCUT2D eigenvalue weighted by atomic mass is 16.6. The normalized spacial score (nSPS) is 12.7. The summed E-state index contributed by atoms with van der Waals surface area (Å²) < 4.78 is 16.8. The van der Waals surface area contributed by atoms with Gasteiger partial charge in [-0.1, -0.05) is 279 Å². The van der Waals surface area contributed by atoms with Crippen LogP contribution in [-0.2, 0) is 28.6 Å². The Morgan fingerprint density at radius 3 is 0.871 bits per heavy atom. The Labute approximate surface area is 433 Å². The van der Waals surface area contributed by atoms with Gasteiger partial charge in [-0.3, -0.25) is 14.4 Å². The van der Waals surface area contributed by atoms with Crippen molar-refractivity contribution in [1.29, 1.82) is 0 Å². The molecule has 1 atom stereocenters. The van der Waals surface area contributed by atoms with Gasteiger partial charge in [0.05, 0.1) is 0 Å². The molecule has 0 aliphatic carbocycles. The van der Waals surface area contributed by atoms with Crippen molar-refractivity contribution >= 4 is 17.9 Å². The summed E-state index contributed by atoms with van der Waals surface area (Å²) in [5, 5.41) is 0. The van der Waals surface area contributed by atoms with Crippen LogP contribution in [0.5, 0.6) is 0 Å². The zero-order valence-electron chi connectivity index (χ0n) is 46.0. The number of hydrogen-bond acceptors (Lipinski definition) is 6. The fourth-order valence-corrected chi connectivity index (χ4v) is 8.26. The molecule has 0 fully saturated rings. The van der Waals surface area contributed by atoms with Gasteiger partial charge in [-0.15, -0.1) is 0 Å². The van der Waals surface area contributed by atoms with Crippen molar-refractivity contribution in [2.24, 2.45) is 0 Å². The quantitative estimate of drug-likeness (QED) is 0.0261. The van der Waals surface area contributed by atoms with E-state index in [9.17, 15) is 14.4 Å². The van der Waals surface area contributed by atoms with Crippen LogP contribution >= 0.6 is 0 Å². The number of allylic oxidation sites excluding steroid dienone is 14. The Hall–Kier alpha value is -3.41. The zero-order valence-corrected chi connectivity index (χ0v) is 46.0. The van der Waals surface area contributed by atoms with Gasteiger partial charge in [0.25, 0.3) is 0 Å². The summed E-state index contributed by atoms with van der Waals surface area (Å²) in [6, 6.07) is 0. The minimum atomic E-state index is -0.796. The molecule has 0 saturated carbocycles. The molecule has 0 amide bonds. The fourth-order valence-electron chi connectivity index (χ4n) is 8.26. The Morgan fingerprint density at radius 2 is 0.557 bits per heavy atom. The van der Waals surface area contributed by atoms with Crippen molar-refractivity contribution in [3.63, 3.8) is 0 Å². The lowest BCUT2D eigenvalue weighted by atomic mass is 10.0. The first-order valence-electron chi connectivity index (χ1n) is 29.6. The number of ether oxygens (including phenoxy) is 3. The van der Waals surface area contributed by atoms with Gasteiger partial charge >= 0.3 is 17.9 Å². The van der Waals surface area contributed by atoms with E-state index in [0.717, 1.165) is 89.9 Å². The second kappa shape index (κ2) is 58.2. The van der Waals surface area contributed by atoms with Crippen LogP contribution in [0.3, 0.4) is 0 Å². The summed E-state index contributed by atoms with van der Waals surface area (Å²) in [6.45, 7) is 6.48. The second-order valence-electron chi connectivity index (χ2n) is 19.5. The number of esters is 3. The molecule has 70 heavy (non-hydrogen) atoms. The van der Waals surface area contributed by atoms with Gasteiger partial charge in [-0.05, 0) is 70.6 Å². The molecule has 402 valence electrons. The number of carbonyl (C=O) groups excluding carboxylic acids is 3. The largest absolute Gasteiger partial charge is 0.462 e. The third kappa shape index (κ3) is 55.5. The number of unbranched alkanes of at least 4 members (excludes halogenated alkanes) is 28. The van der Waals surface area contributed by atoms with Gasteiger partial charge in [-0.2, -0.15) is 0 Å². The standard InChI is InChI=1S/C64H110O6/c1-4-7-10-13-16-19-21-23-25-27-29-31-32-33-35-36-38-40-42-45-48-51-54-57-63(66)69-60-61(59-68-62(65)56-53-50-47-44-18-15-12-9-6-3)70-64(67)58-55-52-49-46-43-41-39-37-34-30-28-26-24-22-20-17-14-11-8-5-2/h7,10,16,19,23,25,29,31,33,35,38,40,45,48,61H,4-6,8-9,11-15,17-18,20-22,24,26-28,30,32,34,36-37,39,41-44,46-47,49-60H2,1-3H3/b10-7-,19-16-,25-23-,31-29-,35-33-,40-38-,48-45-. The topological polar surface area (TPSA) is 78.9 Å². The number of carbonyl (C=O) groups is 3. The molecule has 0 aromatic carbocycles. The number of rotatable bonds is 53. The van der Waals surface area contributed by atoms with E-state index in [1.165, 1.54) is 148 Å². The van der Waals surface area contributed by atoms with E-state index in [2.05, 4.69) is 106 Å². The van der Waals surface area contributed by atoms with Crippen molar-refractivity contribution in [2.75, 3.05) is 13.2 Å². The first-order valence-corrected chi connectivity index (χ1v) is 29.6. The maximum Gasteiger partial charge on any atom is 0.306 e. The lowest BCUT2D eigenvalue weighted by molar-refractivity contribution is -0.167. The third-order valence-electron chi connectivity index (χ3n) is 12.7. The molecule has 0 radical (unpaired) electrons. The van der Waals surface area contributed by atoms with E-state index in [0.29, 0.717) is 19.3 Å². The fraction of sp³-hybridized carbons (Fsp3) is 0.734. The van der Waals surface area contributed by atoms with Gasteiger partial charge in [0.1, 0.15) is 13.2 Å². The van der Waals surface area contributed by atoms with Crippen molar-refractivity contribution in [2.45, 2.75) is 290 Å². The van der Waals surface area contributed by atoms with Crippen LogP contribution in [0.2, 0.25) is 0 Å². The molecule has 6 heteroatoms. The first-order chi connectivity index (χ1) is 34.5. The summed E-state index contributed by atoms with van der Waals surface area (Å²) in [6.07, 6.45) is 75.9. The molecular formula is C64H110O6. The van der Waals surface area contributed by atoms with Crippen LogP contribution in [0.15, 0.2) is 85.1 Å². The molecule has 0 bridgehead atoms. The van der Waals surface area contributed by atoms with Crippen LogP contribution in [-0.4, -0.2) is 37.2 Å². The van der Waals surface area contributed by atoms with Gasteiger partial charge < -0.3 is 14.2 Å². The second-order valence-corrected chi connectivity index (χ2v) is 19.5. The SMILES string of the molecule is CC/C=C\C/C=C\C/C=C\C/C=C\C/C=C\C/C=C\C/C=C\CCCC(=O)OCC(COC(=O)CCCCCCCCCCC)OC(=O)CCCCCCCCCCCCCCCCCCCCCC. The smallest absolute Gasteiger partial charge is 0.306 e. The number of hydrogen-bond donors (Lipinski definition) is 0. The predicted molar refractivity (Wildman–Crippen MR) is 302 cm³/mol. The highest BCUT2D eigenvalue weighted by Crippen LogP contribution is 2.16. The molecule has 1 unspecified atom stereocenters. The van der Waals surface area contributed by atoms with Gasteiger partial charge in [0.2, 0.25) is 0 Å². The summed E-state index contributed by atoms with van der Waals surface area (Å²) in [4.78, 5) is 38.1. The van der Waals surface area contributed by atoms with E-state index >= 15 is 0 Å². The zero-order chi connectivity index (χ0) is 50.7. The molecule has 0 saturated heterocycles. The van der Waals surface area contributed by atoms with Crippen LogP contribution in [0.1, 0.15) is 284 Å². The molecule has 0 aliphatic rings. The molecule has 0 aliphatic heterocycles. The van der Waals surface area contributed by atoms with E-state index in [-0.39, 0.29) is 37.5 Å². The van der Waals surface area contributed by atoms with Gasteiger partial charge in [-0.25, -0.2) is 0 Å². The predicted octanol–water partition coefficient (Wildman–Crippen LogP) is 19.9. The molecule has 6 nitrogen and oxygen atoms in total. The van der Waals surface area contributed by atoms with Crippen molar-refractivity contribution in [3.8, 4) is 0 Å². The Bertz CT molecular complexity index is 1350. The Morgan fingerprint density at radius 1 is 0.300 bits per heavy atom. The lowest BCUT2D eigenvalue weighted by Gasteiger charge is -2.18. The van der Waals surface area contributed by atoms with E-state index < -0.39 is 6.10 Å². The highest BCUT2D eigenvalue weighted by molar-refractivity contribution is 5.71. The van der Waals surface area contributed by atoms with E-state index in [1.807, 2.05) is 0 Å². The van der Waals surface area contributed by atoms with Gasteiger partial charge in [0.15, 0.2) is 6.10 Å². The van der Waals surface area contributed by atoms with Crippen LogP contribution in [0.25, 0.3) is 0 Å². The molecular weight excluding hydrogens is 865 g/mol. The van der Waals surface area contributed by atoms with Crippen LogP contribution in [0.4, 0.5) is 0 Å². The molecule has 0 aromatic heterocycles. The first kappa shape index (κ1) is 66.6. The van der Waals surface area contributed by atoms with Crippen LogP contribution in [0, 0.1) is 0 Å². The maximum absolute atomic E-state index is 12.8. The molecule has 0 N–H and O–H groups in total. The van der Waals surface area contributed by atoms with Crippen molar-refractivity contribution in [3.05, 3.63) is 85.1 Å². The minimum absolute atomic E-state index is 0.0914. The molecule has 0 spiro atoms. The maximum atomic E-state index is 12.8. The average Bonchev–Trinajstić information content (AvgIpc) is 3.36. The van der Waals surface area contributed by atoms with E-state index in [1.54, 1.807) is 0 Å². The monoisotopic (exact) mass is 975 g/mol. The Balaban J connectivity index is 4.35. The highest BCUT2D eigenvalue weighted by Gasteiger charge is 2.19. The van der Waals surface area contributed by atoms with Gasteiger partial charge in [0, 0.05) is 19.3 Å². The summed E-state index contributed by atoms with van der Waals surface area (Å²) in [5.41, 5.74) is 0. The summed E-state index contributed by atoms with van der Waals surface area (Å²) >= 11 is 0. The van der Waals surface area contributed by atoms with Crippen molar-refractivity contribution in [1.82, 2.24) is 0 Å². The molecule has 0 heterocycles. The van der Waals surface area contributed by atoms with E-state index in [4.69, 9.17) is 14.2 Å². The molecule has 0 aromatic rings. The minimum Gasteiger partial charge on any atom is -0.462 e. The summed E-state index contributed by atoms with van der Waals surface area (Å²) in [5.74, 6) is -0.947. The Kier molecular flexibility index (Phi) is 55.3. The average molecular weight is 976 g/mol. The molecule has 0 rings (SSSR count).